The molecule has 0 spiro atoms. The Balaban J connectivity index is 1.54. The number of aromatic nitrogens is 2. The van der Waals surface area contributed by atoms with Crippen molar-refractivity contribution in [1.29, 1.82) is 0 Å². The number of carbonyl (C=O) groups excluding carboxylic acids is 1. The highest BCUT2D eigenvalue weighted by molar-refractivity contribution is 5.75. The lowest BCUT2D eigenvalue weighted by Crippen LogP contribution is -2.27. The molecule has 4 nitrogen and oxygen atoms in total. The summed E-state index contributed by atoms with van der Waals surface area (Å²) in [4.78, 5) is 12.0. The van der Waals surface area contributed by atoms with E-state index in [1.165, 1.54) is 37.0 Å². The quantitative estimate of drug-likeness (QED) is 0.882. The molecule has 1 aromatic carbocycles. The summed E-state index contributed by atoms with van der Waals surface area (Å²) < 4.78 is 14.5. The molecule has 0 atom stereocenters. The smallest absolute Gasteiger partial charge is 0.241 e. The average Bonchev–Trinajstić information content (AvgIpc) is 2.75. The fraction of sp³-hybridized carbons (Fsp3) is 0.412. The number of rotatable bonds is 4. The van der Waals surface area contributed by atoms with Crippen molar-refractivity contribution in [2.75, 3.05) is 0 Å². The van der Waals surface area contributed by atoms with E-state index in [1.807, 2.05) is 6.20 Å². The SMILES string of the molecule is O=C(Cn1cc2c(n1)CCCCC2)NCc1ccc(F)cc1. The summed E-state index contributed by atoms with van der Waals surface area (Å²) >= 11 is 0. The van der Waals surface area contributed by atoms with E-state index in [2.05, 4.69) is 10.4 Å². The van der Waals surface area contributed by atoms with Crippen molar-refractivity contribution in [2.24, 2.45) is 0 Å². The standard InChI is InChI=1S/C17H20FN3O/c18-15-8-6-13(7-9-15)10-19-17(22)12-21-11-14-4-2-1-3-5-16(14)20-21/h6-9,11H,1-5,10,12H2,(H,19,22). The zero-order chi connectivity index (χ0) is 15.4. The monoisotopic (exact) mass is 301 g/mol. The molecule has 0 aliphatic heterocycles. The number of hydrogen-bond donors (Lipinski definition) is 1. The Hall–Kier alpha value is -2.17. The lowest BCUT2D eigenvalue weighted by molar-refractivity contribution is -0.122. The first kappa shape index (κ1) is 14.8. The Morgan fingerprint density at radius 1 is 1.18 bits per heavy atom. The van der Waals surface area contributed by atoms with Gasteiger partial charge in [-0.25, -0.2) is 4.39 Å². The average molecular weight is 301 g/mol. The van der Waals surface area contributed by atoms with Crippen LogP contribution in [0, 0.1) is 5.82 Å². The highest BCUT2D eigenvalue weighted by Gasteiger charge is 2.13. The minimum Gasteiger partial charge on any atom is -0.350 e. The van der Waals surface area contributed by atoms with Crippen LogP contribution in [0.4, 0.5) is 4.39 Å². The molecule has 116 valence electrons. The van der Waals surface area contributed by atoms with Crippen molar-refractivity contribution in [3.05, 3.63) is 53.1 Å². The Bertz CT molecular complexity index is 625. The van der Waals surface area contributed by atoms with Gasteiger partial charge in [-0.1, -0.05) is 18.6 Å². The Kier molecular flexibility index (Phi) is 4.51. The predicted molar refractivity (Wildman–Crippen MR) is 81.7 cm³/mol. The summed E-state index contributed by atoms with van der Waals surface area (Å²) in [5, 5.41) is 7.36. The minimum atomic E-state index is -0.270. The van der Waals surface area contributed by atoms with Crippen molar-refractivity contribution >= 4 is 5.91 Å². The maximum absolute atomic E-state index is 12.8. The lowest BCUT2D eigenvalue weighted by Gasteiger charge is -2.05. The van der Waals surface area contributed by atoms with Crippen molar-refractivity contribution in [2.45, 2.75) is 45.2 Å². The molecule has 2 aromatic rings. The number of nitrogens with zero attached hydrogens (tertiary/aromatic N) is 2. The third-order valence-electron chi connectivity index (χ3n) is 3.99. The van der Waals surface area contributed by atoms with Gasteiger partial charge in [-0.2, -0.15) is 5.10 Å². The van der Waals surface area contributed by atoms with Crippen LogP contribution >= 0.6 is 0 Å². The molecule has 1 N–H and O–H groups in total. The Morgan fingerprint density at radius 3 is 2.77 bits per heavy atom. The van der Waals surface area contributed by atoms with E-state index in [4.69, 9.17) is 0 Å². The van der Waals surface area contributed by atoms with Crippen LogP contribution < -0.4 is 5.32 Å². The number of fused-ring (bicyclic) bond motifs is 1. The van der Waals surface area contributed by atoms with Gasteiger partial charge in [0.15, 0.2) is 0 Å². The van der Waals surface area contributed by atoms with Gasteiger partial charge in [0.25, 0.3) is 0 Å². The molecule has 1 aliphatic carbocycles. The van der Waals surface area contributed by atoms with Gasteiger partial charge in [0.05, 0.1) is 5.69 Å². The molecule has 0 bridgehead atoms. The molecular weight excluding hydrogens is 281 g/mol. The van der Waals surface area contributed by atoms with E-state index in [0.717, 1.165) is 24.1 Å². The molecule has 1 heterocycles. The van der Waals surface area contributed by atoms with Gasteiger partial charge in [-0.3, -0.25) is 9.48 Å². The van der Waals surface area contributed by atoms with Gasteiger partial charge < -0.3 is 5.32 Å². The van der Waals surface area contributed by atoms with Crippen molar-refractivity contribution < 1.29 is 9.18 Å². The van der Waals surface area contributed by atoms with Gasteiger partial charge >= 0.3 is 0 Å². The summed E-state index contributed by atoms with van der Waals surface area (Å²) in [6, 6.07) is 6.13. The first-order valence-electron chi connectivity index (χ1n) is 7.77. The van der Waals surface area contributed by atoms with E-state index < -0.39 is 0 Å². The second kappa shape index (κ2) is 6.73. The molecule has 1 aliphatic rings. The maximum atomic E-state index is 12.8. The second-order valence-electron chi connectivity index (χ2n) is 5.76. The molecule has 0 radical (unpaired) electrons. The molecule has 0 unspecified atom stereocenters. The molecular formula is C17H20FN3O. The van der Waals surface area contributed by atoms with Gasteiger partial charge in [-0.15, -0.1) is 0 Å². The molecule has 1 aromatic heterocycles. The summed E-state index contributed by atoms with van der Waals surface area (Å²) in [5.41, 5.74) is 3.30. The molecule has 22 heavy (non-hydrogen) atoms. The number of nitrogens with one attached hydrogen (secondary N) is 1. The van der Waals surface area contributed by atoms with Crippen LogP contribution in [0.25, 0.3) is 0 Å². The van der Waals surface area contributed by atoms with Crippen LogP contribution in [0.5, 0.6) is 0 Å². The van der Waals surface area contributed by atoms with Gasteiger partial charge in [0.2, 0.25) is 5.91 Å². The zero-order valence-corrected chi connectivity index (χ0v) is 12.5. The summed E-state index contributed by atoms with van der Waals surface area (Å²) in [7, 11) is 0. The highest BCUT2D eigenvalue weighted by atomic mass is 19.1. The third kappa shape index (κ3) is 3.72. The summed E-state index contributed by atoms with van der Waals surface area (Å²) in [6.07, 6.45) is 7.72. The van der Waals surface area contributed by atoms with E-state index in [-0.39, 0.29) is 18.3 Å². The van der Waals surface area contributed by atoms with Crippen LogP contribution in [-0.2, 0) is 30.7 Å². The zero-order valence-electron chi connectivity index (χ0n) is 12.5. The number of benzene rings is 1. The number of halogens is 1. The van der Waals surface area contributed by atoms with Crippen LogP contribution in [0.3, 0.4) is 0 Å². The highest BCUT2D eigenvalue weighted by Crippen LogP contribution is 2.18. The second-order valence-corrected chi connectivity index (χ2v) is 5.76. The van der Waals surface area contributed by atoms with Crippen LogP contribution in [0.15, 0.2) is 30.5 Å². The van der Waals surface area contributed by atoms with Gasteiger partial charge in [0.1, 0.15) is 12.4 Å². The number of carbonyl (C=O) groups is 1. The Labute approximate surface area is 129 Å². The number of amides is 1. The fourth-order valence-electron chi connectivity index (χ4n) is 2.79. The van der Waals surface area contributed by atoms with E-state index in [9.17, 15) is 9.18 Å². The first-order valence-corrected chi connectivity index (χ1v) is 7.77. The number of aryl methyl sites for hydroxylation is 2. The van der Waals surface area contributed by atoms with Crippen LogP contribution in [0.2, 0.25) is 0 Å². The fourth-order valence-corrected chi connectivity index (χ4v) is 2.79. The van der Waals surface area contributed by atoms with Crippen molar-refractivity contribution in [3.8, 4) is 0 Å². The van der Waals surface area contributed by atoms with E-state index in [1.54, 1.807) is 16.8 Å². The predicted octanol–water partition coefficient (Wildman–Crippen LogP) is 2.61. The van der Waals surface area contributed by atoms with E-state index >= 15 is 0 Å². The summed E-state index contributed by atoms with van der Waals surface area (Å²) in [5.74, 6) is -0.352. The van der Waals surface area contributed by atoms with Gasteiger partial charge in [-0.05, 0) is 48.9 Å². The van der Waals surface area contributed by atoms with Crippen LogP contribution in [-0.4, -0.2) is 15.7 Å². The topological polar surface area (TPSA) is 46.9 Å². The molecule has 0 saturated heterocycles. The van der Waals surface area contributed by atoms with Crippen molar-refractivity contribution in [3.63, 3.8) is 0 Å². The molecule has 5 heteroatoms. The van der Waals surface area contributed by atoms with Gasteiger partial charge in [0, 0.05) is 12.7 Å². The Morgan fingerprint density at radius 2 is 1.95 bits per heavy atom. The normalized spacial score (nSPS) is 14.2. The van der Waals surface area contributed by atoms with E-state index in [0.29, 0.717) is 6.54 Å². The minimum absolute atomic E-state index is 0.0815. The molecule has 0 saturated carbocycles. The largest absolute Gasteiger partial charge is 0.350 e. The summed E-state index contributed by atoms with van der Waals surface area (Å²) in [6.45, 7) is 0.633. The molecule has 1 amide bonds. The first-order chi connectivity index (χ1) is 10.7. The van der Waals surface area contributed by atoms with Crippen LogP contribution in [0.1, 0.15) is 36.1 Å². The molecule has 3 rings (SSSR count). The lowest BCUT2D eigenvalue weighted by atomic mass is 10.1. The maximum Gasteiger partial charge on any atom is 0.241 e. The number of hydrogen-bond acceptors (Lipinski definition) is 2. The third-order valence-corrected chi connectivity index (χ3v) is 3.99. The molecule has 0 fully saturated rings. The van der Waals surface area contributed by atoms with Crippen molar-refractivity contribution in [1.82, 2.24) is 15.1 Å².